The first-order valence-corrected chi connectivity index (χ1v) is 8.61. The summed E-state index contributed by atoms with van der Waals surface area (Å²) in [5.41, 5.74) is -0.631. The normalized spacial score (nSPS) is 13.8. The highest BCUT2D eigenvalue weighted by atomic mass is 35.5. The maximum absolute atomic E-state index is 11.9. The molecule has 0 saturated carbocycles. The van der Waals surface area contributed by atoms with Crippen molar-refractivity contribution in [1.29, 1.82) is 0 Å². The molecule has 0 radical (unpaired) electrons. The Morgan fingerprint density at radius 3 is 2.67 bits per heavy atom. The molecule has 0 aliphatic carbocycles. The van der Waals surface area contributed by atoms with Gasteiger partial charge in [0.15, 0.2) is 0 Å². The van der Waals surface area contributed by atoms with Crippen LogP contribution in [0.2, 0.25) is 10.0 Å². The molecule has 0 saturated heterocycles. The standard InChI is InChI=1S/C15H21Cl2NO2S/c1-4-20-14(19)15(2,18-3)8-5-9-21-11-6-7-12(16)13(17)10-11/h6-7,10,18H,4-5,8-9H2,1-3H3. The third-order valence-electron chi connectivity index (χ3n) is 3.26. The van der Waals surface area contributed by atoms with Gasteiger partial charge in [0.2, 0.25) is 0 Å². The molecule has 1 atom stereocenters. The number of ether oxygens (including phenoxy) is 1. The zero-order valence-electron chi connectivity index (χ0n) is 12.5. The van der Waals surface area contributed by atoms with Crippen molar-refractivity contribution >= 4 is 40.9 Å². The molecule has 21 heavy (non-hydrogen) atoms. The lowest BCUT2D eigenvalue weighted by Crippen LogP contribution is -2.48. The number of carbonyl (C=O) groups is 1. The number of halogens is 2. The lowest BCUT2D eigenvalue weighted by molar-refractivity contribution is -0.150. The molecule has 1 aromatic rings. The predicted octanol–water partition coefficient (Wildman–Crippen LogP) is 4.41. The first kappa shape index (κ1) is 18.6. The van der Waals surface area contributed by atoms with E-state index < -0.39 is 5.54 Å². The first-order valence-electron chi connectivity index (χ1n) is 6.87. The van der Waals surface area contributed by atoms with Gasteiger partial charge in [0.25, 0.3) is 0 Å². The average Bonchev–Trinajstić information content (AvgIpc) is 2.47. The Balaban J connectivity index is 2.44. The van der Waals surface area contributed by atoms with Gasteiger partial charge in [0.05, 0.1) is 16.7 Å². The van der Waals surface area contributed by atoms with Crippen molar-refractivity contribution in [3.8, 4) is 0 Å². The van der Waals surface area contributed by atoms with Gasteiger partial charge < -0.3 is 10.1 Å². The molecule has 0 bridgehead atoms. The largest absolute Gasteiger partial charge is 0.465 e. The molecule has 0 aliphatic rings. The fraction of sp³-hybridized carbons (Fsp3) is 0.533. The van der Waals surface area contributed by atoms with Crippen LogP contribution in [0.5, 0.6) is 0 Å². The predicted molar refractivity (Wildman–Crippen MR) is 90.5 cm³/mol. The molecule has 1 aromatic carbocycles. The van der Waals surface area contributed by atoms with E-state index in [-0.39, 0.29) is 5.97 Å². The summed E-state index contributed by atoms with van der Waals surface area (Å²) in [5.74, 6) is 0.696. The van der Waals surface area contributed by atoms with Crippen LogP contribution in [0, 0.1) is 0 Å². The van der Waals surface area contributed by atoms with E-state index in [1.165, 1.54) is 0 Å². The van der Waals surface area contributed by atoms with Crippen LogP contribution < -0.4 is 5.32 Å². The molecule has 0 heterocycles. The van der Waals surface area contributed by atoms with Crippen molar-refractivity contribution in [1.82, 2.24) is 5.32 Å². The summed E-state index contributed by atoms with van der Waals surface area (Å²) in [5, 5.41) is 4.18. The highest BCUT2D eigenvalue weighted by Gasteiger charge is 2.32. The summed E-state index contributed by atoms with van der Waals surface area (Å²) in [7, 11) is 1.78. The summed E-state index contributed by atoms with van der Waals surface area (Å²) in [6, 6.07) is 5.60. The zero-order valence-corrected chi connectivity index (χ0v) is 14.9. The fourth-order valence-corrected chi connectivity index (χ4v) is 3.05. The number of likely N-dealkylation sites (N-methyl/N-ethyl adjacent to an activating group) is 1. The van der Waals surface area contributed by atoms with Gasteiger partial charge in [-0.15, -0.1) is 11.8 Å². The summed E-state index contributed by atoms with van der Waals surface area (Å²) in [6.45, 7) is 4.08. The van der Waals surface area contributed by atoms with Gasteiger partial charge in [0, 0.05) is 4.90 Å². The van der Waals surface area contributed by atoms with E-state index in [4.69, 9.17) is 27.9 Å². The van der Waals surface area contributed by atoms with Crippen molar-refractivity contribution in [2.24, 2.45) is 0 Å². The van der Waals surface area contributed by atoms with Crippen LogP contribution in [-0.2, 0) is 9.53 Å². The van der Waals surface area contributed by atoms with E-state index in [0.717, 1.165) is 23.5 Å². The van der Waals surface area contributed by atoms with Crippen LogP contribution in [0.1, 0.15) is 26.7 Å². The van der Waals surface area contributed by atoms with Gasteiger partial charge in [-0.25, -0.2) is 0 Å². The Bertz CT molecular complexity index is 485. The second-order valence-electron chi connectivity index (χ2n) is 4.83. The number of rotatable bonds is 8. The van der Waals surface area contributed by atoms with Crippen LogP contribution in [0.25, 0.3) is 0 Å². The zero-order chi connectivity index (χ0) is 15.9. The van der Waals surface area contributed by atoms with E-state index in [1.54, 1.807) is 24.9 Å². The monoisotopic (exact) mass is 349 g/mol. The summed E-state index contributed by atoms with van der Waals surface area (Å²) in [6.07, 6.45) is 1.61. The lowest BCUT2D eigenvalue weighted by Gasteiger charge is -2.26. The topological polar surface area (TPSA) is 38.3 Å². The molecule has 1 unspecified atom stereocenters. The fourth-order valence-electron chi connectivity index (χ4n) is 1.80. The minimum atomic E-state index is -0.631. The molecule has 1 rings (SSSR count). The van der Waals surface area contributed by atoms with Crippen molar-refractivity contribution in [2.75, 3.05) is 19.4 Å². The van der Waals surface area contributed by atoms with Crippen LogP contribution in [-0.4, -0.2) is 30.9 Å². The van der Waals surface area contributed by atoms with Gasteiger partial charge in [-0.05, 0) is 57.7 Å². The number of thioether (sulfide) groups is 1. The Labute approximate surface area is 140 Å². The summed E-state index contributed by atoms with van der Waals surface area (Å²) < 4.78 is 5.10. The maximum atomic E-state index is 11.9. The highest BCUT2D eigenvalue weighted by Crippen LogP contribution is 2.29. The van der Waals surface area contributed by atoms with Crippen molar-refractivity contribution in [3.05, 3.63) is 28.2 Å². The second kappa shape index (κ2) is 8.89. The molecular formula is C15H21Cl2NO2S. The minimum Gasteiger partial charge on any atom is -0.465 e. The minimum absolute atomic E-state index is 0.202. The van der Waals surface area contributed by atoms with E-state index >= 15 is 0 Å². The molecule has 1 N–H and O–H groups in total. The summed E-state index contributed by atoms with van der Waals surface area (Å²) in [4.78, 5) is 13.0. The van der Waals surface area contributed by atoms with Gasteiger partial charge in [-0.2, -0.15) is 0 Å². The smallest absolute Gasteiger partial charge is 0.326 e. The third kappa shape index (κ3) is 5.70. The number of carbonyl (C=O) groups excluding carboxylic acids is 1. The number of hydrogen-bond acceptors (Lipinski definition) is 4. The quantitative estimate of drug-likeness (QED) is 0.428. The average molecular weight is 350 g/mol. The molecule has 0 amide bonds. The van der Waals surface area contributed by atoms with E-state index in [0.29, 0.717) is 16.7 Å². The third-order valence-corrected chi connectivity index (χ3v) is 5.08. The number of benzene rings is 1. The molecule has 0 aromatic heterocycles. The Morgan fingerprint density at radius 1 is 1.38 bits per heavy atom. The van der Waals surface area contributed by atoms with Crippen molar-refractivity contribution in [2.45, 2.75) is 37.1 Å². The first-order chi connectivity index (χ1) is 9.92. The lowest BCUT2D eigenvalue weighted by atomic mass is 9.97. The Hall–Kier alpha value is -0.420. The summed E-state index contributed by atoms with van der Waals surface area (Å²) >= 11 is 13.6. The van der Waals surface area contributed by atoms with Gasteiger partial charge in [-0.1, -0.05) is 23.2 Å². The number of esters is 1. The van der Waals surface area contributed by atoms with Crippen LogP contribution in [0.15, 0.2) is 23.1 Å². The molecule has 0 spiro atoms. The highest BCUT2D eigenvalue weighted by molar-refractivity contribution is 7.99. The van der Waals surface area contributed by atoms with Crippen molar-refractivity contribution < 1.29 is 9.53 Å². The van der Waals surface area contributed by atoms with Crippen LogP contribution in [0.4, 0.5) is 0 Å². The molecule has 0 aliphatic heterocycles. The second-order valence-corrected chi connectivity index (χ2v) is 6.81. The van der Waals surface area contributed by atoms with Crippen molar-refractivity contribution in [3.63, 3.8) is 0 Å². The van der Waals surface area contributed by atoms with Crippen LogP contribution >= 0.6 is 35.0 Å². The molecule has 118 valence electrons. The SMILES string of the molecule is CCOC(=O)C(C)(CCCSc1ccc(Cl)c(Cl)c1)NC. The molecular weight excluding hydrogens is 329 g/mol. The molecule has 0 fully saturated rings. The van der Waals surface area contributed by atoms with Crippen LogP contribution in [0.3, 0.4) is 0 Å². The maximum Gasteiger partial charge on any atom is 0.326 e. The van der Waals surface area contributed by atoms with Gasteiger partial charge in [0.1, 0.15) is 5.54 Å². The van der Waals surface area contributed by atoms with E-state index in [2.05, 4.69) is 5.32 Å². The molecule has 6 heteroatoms. The number of hydrogen-bond donors (Lipinski definition) is 1. The van der Waals surface area contributed by atoms with Gasteiger partial charge >= 0.3 is 5.97 Å². The van der Waals surface area contributed by atoms with E-state index in [9.17, 15) is 4.79 Å². The number of nitrogens with one attached hydrogen (secondary N) is 1. The Morgan fingerprint density at radius 2 is 2.10 bits per heavy atom. The van der Waals surface area contributed by atoms with Gasteiger partial charge in [-0.3, -0.25) is 4.79 Å². The van der Waals surface area contributed by atoms with E-state index in [1.807, 2.05) is 26.0 Å². The molecule has 3 nitrogen and oxygen atoms in total. The Kier molecular flexibility index (Phi) is 7.88.